The first kappa shape index (κ1) is 24.9. The standard InChI is InChI=1S/C22H42O4/c1-7-21(3,4)15-13-19(23)25-17-11-9-10-12-18-26-20(24)14-16-22(5,6)8-2/h7-18H2,1-6H3. The maximum absolute atomic E-state index is 11.7. The molecule has 0 bridgehead atoms. The zero-order valence-electron chi connectivity index (χ0n) is 18.1. The Labute approximate surface area is 161 Å². The Morgan fingerprint density at radius 1 is 0.654 bits per heavy atom. The zero-order valence-corrected chi connectivity index (χ0v) is 18.1. The van der Waals surface area contributed by atoms with Crippen molar-refractivity contribution in [2.75, 3.05) is 13.2 Å². The van der Waals surface area contributed by atoms with Gasteiger partial charge in [0.25, 0.3) is 0 Å². The lowest BCUT2D eigenvalue weighted by Gasteiger charge is -2.21. The van der Waals surface area contributed by atoms with Gasteiger partial charge in [0.05, 0.1) is 13.2 Å². The van der Waals surface area contributed by atoms with Gasteiger partial charge in [0, 0.05) is 12.8 Å². The molecule has 4 nitrogen and oxygen atoms in total. The predicted molar refractivity (Wildman–Crippen MR) is 107 cm³/mol. The Morgan fingerprint density at radius 2 is 1.00 bits per heavy atom. The minimum Gasteiger partial charge on any atom is -0.466 e. The second kappa shape index (κ2) is 13.2. The minimum atomic E-state index is -0.0875. The molecule has 26 heavy (non-hydrogen) atoms. The summed E-state index contributed by atoms with van der Waals surface area (Å²) in [7, 11) is 0. The summed E-state index contributed by atoms with van der Waals surface area (Å²) in [6, 6.07) is 0. The fourth-order valence-corrected chi connectivity index (χ4v) is 2.31. The van der Waals surface area contributed by atoms with Gasteiger partial charge in [-0.05, 0) is 49.4 Å². The van der Waals surface area contributed by atoms with E-state index in [9.17, 15) is 9.59 Å². The van der Waals surface area contributed by atoms with Crippen molar-refractivity contribution >= 4 is 11.9 Å². The van der Waals surface area contributed by atoms with Crippen LogP contribution in [0.15, 0.2) is 0 Å². The van der Waals surface area contributed by atoms with E-state index in [4.69, 9.17) is 9.47 Å². The summed E-state index contributed by atoms with van der Waals surface area (Å²) >= 11 is 0. The Hall–Kier alpha value is -1.06. The van der Waals surface area contributed by atoms with Crippen LogP contribution in [0.25, 0.3) is 0 Å². The first-order chi connectivity index (χ1) is 12.1. The molecule has 0 aromatic carbocycles. The molecule has 0 rings (SSSR count). The molecule has 0 saturated heterocycles. The van der Waals surface area contributed by atoms with Crippen molar-refractivity contribution in [3.8, 4) is 0 Å². The Bertz CT molecular complexity index is 361. The first-order valence-corrected chi connectivity index (χ1v) is 10.4. The number of rotatable bonds is 15. The van der Waals surface area contributed by atoms with Crippen molar-refractivity contribution in [3.63, 3.8) is 0 Å². The maximum Gasteiger partial charge on any atom is 0.305 e. The van der Waals surface area contributed by atoms with Crippen molar-refractivity contribution in [1.29, 1.82) is 0 Å². The van der Waals surface area contributed by atoms with Gasteiger partial charge in [0.15, 0.2) is 0 Å². The molecule has 0 unspecified atom stereocenters. The molecule has 154 valence electrons. The van der Waals surface area contributed by atoms with Gasteiger partial charge in [-0.2, -0.15) is 0 Å². The molecule has 4 heteroatoms. The normalized spacial score (nSPS) is 12.1. The van der Waals surface area contributed by atoms with Crippen LogP contribution in [0.2, 0.25) is 0 Å². The SMILES string of the molecule is CCC(C)(C)CCC(=O)OCCCCCCOC(=O)CCC(C)(C)CC. The molecule has 0 aliphatic rings. The number of carbonyl (C=O) groups excluding carboxylic acids is 2. The van der Waals surface area contributed by atoms with Crippen LogP contribution in [0, 0.1) is 10.8 Å². The average Bonchev–Trinajstić information content (AvgIpc) is 2.60. The maximum atomic E-state index is 11.7. The van der Waals surface area contributed by atoms with Crippen molar-refractivity contribution in [1.82, 2.24) is 0 Å². The van der Waals surface area contributed by atoms with Crippen molar-refractivity contribution in [3.05, 3.63) is 0 Å². The molecule has 0 fully saturated rings. The summed E-state index contributed by atoms with van der Waals surface area (Å²) in [6.07, 6.45) is 8.65. The Balaban J connectivity index is 3.51. The summed E-state index contributed by atoms with van der Waals surface area (Å²) in [5, 5.41) is 0. The van der Waals surface area contributed by atoms with Crippen LogP contribution in [0.1, 0.15) is 106 Å². The van der Waals surface area contributed by atoms with Crippen LogP contribution in [0.3, 0.4) is 0 Å². The van der Waals surface area contributed by atoms with Crippen LogP contribution in [-0.4, -0.2) is 25.2 Å². The summed E-state index contributed by atoms with van der Waals surface area (Å²) in [4.78, 5) is 23.4. The van der Waals surface area contributed by atoms with Gasteiger partial charge in [-0.25, -0.2) is 0 Å². The summed E-state index contributed by atoms with van der Waals surface area (Å²) < 4.78 is 10.6. The van der Waals surface area contributed by atoms with E-state index in [1.807, 2.05) is 0 Å². The molecule has 0 atom stereocenters. The summed E-state index contributed by atoms with van der Waals surface area (Å²) in [5.74, 6) is -0.175. The number of ether oxygens (including phenoxy) is 2. The lowest BCUT2D eigenvalue weighted by Crippen LogP contribution is -2.14. The third kappa shape index (κ3) is 14.1. The predicted octanol–water partition coefficient (Wildman–Crippen LogP) is 6.07. The molecule has 0 spiro atoms. The molecule has 0 aromatic heterocycles. The van der Waals surface area contributed by atoms with E-state index < -0.39 is 0 Å². The molecule has 0 heterocycles. The topological polar surface area (TPSA) is 52.6 Å². The highest BCUT2D eigenvalue weighted by molar-refractivity contribution is 5.69. The molecule has 0 aliphatic heterocycles. The number of esters is 2. The second-order valence-corrected chi connectivity index (χ2v) is 8.89. The number of hydrogen-bond acceptors (Lipinski definition) is 4. The van der Waals surface area contributed by atoms with Crippen LogP contribution in [0.4, 0.5) is 0 Å². The summed E-state index contributed by atoms with van der Waals surface area (Å²) in [5.41, 5.74) is 0.422. The monoisotopic (exact) mass is 370 g/mol. The number of unbranched alkanes of at least 4 members (excludes halogenated alkanes) is 3. The molecule has 0 aromatic rings. The van der Waals surface area contributed by atoms with Gasteiger partial charge in [0.1, 0.15) is 0 Å². The summed E-state index contributed by atoms with van der Waals surface area (Å²) in [6.45, 7) is 14.0. The van der Waals surface area contributed by atoms with E-state index in [0.717, 1.165) is 51.4 Å². The van der Waals surface area contributed by atoms with E-state index in [0.29, 0.717) is 26.1 Å². The van der Waals surface area contributed by atoms with Gasteiger partial charge in [-0.15, -0.1) is 0 Å². The van der Waals surface area contributed by atoms with Crippen LogP contribution in [-0.2, 0) is 19.1 Å². The first-order valence-electron chi connectivity index (χ1n) is 10.4. The van der Waals surface area contributed by atoms with E-state index in [1.54, 1.807) is 0 Å². The largest absolute Gasteiger partial charge is 0.466 e. The number of hydrogen-bond donors (Lipinski definition) is 0. The van der Waals surface area contributed by atoms with Crippen molar-refractivity contribution in [2.45, 2.75) is 106 Å². The van der Waals surface area contributed by atoms with Gasteiger partial charge < -0.3 is 9.47 Å². The molecule has 0 saturated carbocycles. The fraction of sp³-hybridized carbons (Fsp3) is 0.909. The zero-order chi connectivity index (χ0) is 20.1. The molecule has 0 amide bonds. The van der Waals surface area contributed by atoms with Crippen molar-refractivity contribution < 1.29 is 19.1 Å². The molecular formula is C22H42O4. The Kier molecular flexibility index (Phi) is 12.6. The van der Waals surface area contributed by atoms with E-state index >= 15 is 0 Å². The van der Waals surface area contributed by atoms with Crippen LogP contribution in [0.5, 0.6) is 0 Å². The smallest absolute Gasteiger partial charge is 0.305 e. The van der Waals surface area contributed by atoms with E-state index in [2.05, 4.69) is 41.5 Å². The highest BCUT2D eigenvalue weighted by Gasteiger charge is 2.18. The van der Waals surface area contributed by atoms with Crippen molar-refractivity contribution in [2.24, 2.45) is 10.8 Å². The highest BCUT2D eigenvalue weighted by Crippen LogP contribution is 2.26. The third-order valence-electron chi connectivity index (χ3n) is 5.49. The van der Waals surface area contributed by atoms with E-state index in [1.165, 1.54) is 0 Å². The Morgan fingerprint density at radius 3 is 1.31 bits per heavy atom. The van der Waals surface area contributed by atoms with Gasteiger partial charge >= 0.3 is 11.9 Å². The van der Waals surface area contributed by atoms with Gasteiger partial charge in [-0.1, -0.05) is 54.4 Å². The fourth-order valence-electron chi connectivity index (χ4n) is 2.31. The van der Waals surface area contributed by atoms with Gasteiger partial charge in [0.2, 0.25) is 0 Å². The highest BCUT2D eigenvalue weighted by atomic mass is 16.5. The second-order valence-electron chi connectivity index (χ2n) is 8.89. The minimum absolute atomic E-state index is 0.0875. The van der Waals surface area contributed by atoms with Crippen LogP contribution < -0.4 is 0 Å². The lowest BCUT2D eigenvalue weighted by molar-refractivity contribution is -0.145. The number of carbonyl (C=O) groups is 2. The quantitative estimate of drug-likeness (QED) is 0.259. The molecular weight excluding hydrogens is 328 g/mol. The van der Waals surface area contributed by atoms with Gasteiger partial charge in [-0.3, -0.25) is 9.59 Å². The van der Waals surface area contributed by atoms with Crippen LogP contribution >= 0.6 is 0 Å². The molecule has 0 aliphatic carbocycles. The third-order valence-corrected chi connectivity index (χ3v) is 5.49. The molecule has 0 radical (unpaired) electrons. The lowest BCUT2D eigenvalue weighted by atomic mass is 9.85. The molecule has 0 N–H and O–H groups in total. The van der Waals surface area contributed by atoms with E-state index in [-0.39, 0.29) is 22.8 Å². The average molecular weight is 371 g/mol.